The fraction of sp³-hybridized carbons (Fsp3) is 0.300. The van der Waals surface area contributed by atoms with Gasteiger partial charge < -0.3 is 15.4 Å². The molecule has 0 saturated heterocycles. The number of benzene rings is 2. The van der Waals surface area contributed by atoms with Gasteiger partial charge in [-0.3, -0.25) is 9.59 Å². The monoisotopic (exact) mass is 374 g/mol. The lowest BCUT2D eigenvalue weighted by Crippen LogP contribution is -2.25. The van der Waals surface area contributed by atoms with Crippen molar-refractivity contribution in [1.29, 1.82) is 0 Å². The third kappa shape index (κ3) is 5.58. The molecule has 0 heterocycles. The molecule has 2 amide bonds. The van der Waals surface area contributed by atoms with Crippen molar-refractivity contribution in [3.63, 3.8) is 0 Å². The van der Waals surface area contributed by atoms with Crippen LogP contribution >= 0.6 is 11.6 Å². The van der Waals surface area contributed by atoms with E-state index in [1.165, 1.54) is 7.11 Å². The molecule has 0 spiro atoms. The molecule has 0 saturated carbocycles. The van der Waals surface area contributed by atoms with Crippen LogP contribution in [0, 0.1) is 5.92 Å². The number of carbonyl (C=O) groups is 2. The first-order chi connectivity index (χ1) is 12.4. The Hall–Kier alpha value is -2.37. The molecule has 0 fully saturated rings. The molecule has 1 atom stereocenters. The van der Waals surface area contributed by atoms with Crippen molar-refractivity contribution in [2.75, 3.05) is 24.4 Å². The summed E-state index contributed by atoms with van der Waals surface area (Å²) in [6.45, 7) is 3.98. The molecule has 138 valence electrons. The topological polar surface area (TPSA) is 67.4 Å². The largest absolute Gasteiger partial charge is 0.375 e. The summed E-state index contributed by atoms with van der Waals surface area (Å²) in [4.78, 5) is 24.4. The van der Waals surface area contributed by atoms with Crippen LogP contribution in [0.5, 0.6) is 0 Å². The fourth-order valence-corrected chi connectivity index (χ4v) is 2.86. The summed E-state index contributed by atoms with van der Waals surface area (Å²) in [6.07, 6.45) is 0. The first kappa shape index (κ1) is 19.9. The minimum atomic E-state index is -0.306. The number of amides is 2. The van der Waals surface area contributed by atoms with Crippen molar-refractivity contribution in [2.24, 2.45) is 5.92 Å². The zero-order valence-corrected chi connectivity index (χ0v) is 15.8. The van der Waals surface area contributed by atoms with Crippen LogP contribution in [0.15, 0.2) is 48.5 Å². The highest BCUT2D eigenvalue weighted by Gasteiger charge is 2.24. The number of ether oxygens (including phenoxy) is 1. The van der Waals surface area contributed by atoms with Crippen molar-refractivity contribution in [2.45, 2.75) is 19.8 Å². The highest BCUT2D eigenvalue weighted by molar-refractivity contribution is 6.30. The lowest BCUT2D eigenvalue weighted by Gasteiger charge is -2.21. The molecule has 0 aliphatic carbocycles. The molecule has 0 aliphatic rings. The maximum atomic E-state index is 12.8. The zero-order chi connectivity index (χ0) is 19.1. The maximum Gasteiger partial charge on any atom is 0.250 e. The highest BCUT2D eigenvalue weighted by atomic mass is 35.5. The normalized spacial score (nSPS) is 11.9. The number of hydrogen-bond acceptors (Lipinski definition) is 3. The Morgan fingerprint density at radius 2 is 1.65 bits per heavy atom. The summed E-state index contributed by atoms with van der Waals surface area (Å²) in [5.41, 5.74) is 2.12. The quantitative estimate of drug-likeness (QED) is 0.759. The molecule has 5 nitrogen and oxygen atoms in total. The van der Waals surface area contributed by atoms with Crippen LogP contribution in [-0.4, -0.2) is 25.5 Å². The lowest BCUT2D eigenvalue weighted by molar-refractivity contribution is -0.120. The van der Waals surface area contributed by atoms with E-state index in [1.807, 2.05) is 26.0 Å². The molecule has 2 N–H and O–H groups in total. The number of anilines is 2. The zero-order valence-electron chi connectivity index (χ0n) is 15.1. The van der Waals surface area contributed by atoms with Crippen molar-refractivity contribution < 1.29 is 14.3 Å². The summed E-state index contributed by atoms with van der Waals surface area (Å²) in [5.74, 6) is -0.556. The van der Waals surface area contributed by atoms with E-state index in [4.69, 9.17) is 16.3 Å². The van der Waals surface area contributed by atoms with Crippen LogP contribution in [0.4, 0.5) is 11.4 Å². The van der Waals surface area contributed by atoms with Crippen molar-refractivity contribution in [3.8, 4) is 0 Å². The number of rotatable bonds is 7. The first-order valence-corrected chi connectivity index (χ1v) is 8.73. The Balaban J connectivity index is 2.14. The van der Waals surface area contributed by atoms with E-state index in [0.29, 0.717) is 16.4 Å². The van der Waals surface area contributed by atoms with E-state index >= 15 is 0 Å². The van der Waals surface area contributed by atoms with E-state index in [1.54, 1.807) is 36.4 Å². The van der Waals surface area contributed by atoms with E-state index in [-0.39, 0.29) is 30.3 Å². The van der Waals surface area contributed by atoms with Crippen LogP contribution in [0.2, 0.25) is 5.02 Å². The van der Waals surface area contributed by atoms with Crippen LogP contribution in [0.3, 0.4) is 0 Å². The molecule has 0 aliphatic heterocycles. The Morgan fingerprint density at radius 3 is 2.23 bits per heavy atom. The Labute approximate surface area is 158 Å². The van der Waals surface area contributed by atoms with Crippen LogP contribution in [0.25, 0.3) is 0 Å². The minimum Gasteiger partial charge on any atom is -0.375 e. The molecule has 26 heavy (non-hydrogen) atoms. The minimum absolute atomic E-state index is 0.0252. The van der Waals surface area contributed by atoms with Gasteiger partial charge in [-0.2, -0.15) is 0 Å². The molecular weight excluding hydrogens is 352 g/mol. The van der Waals surface area contributed by atoms with Crippen molar-refractivity contribution >= 4 is 34.8 Å². The number of hydrogen-bond donors (Lipinski definition) is 2. The number of nitrogens with one attached hydrogen (secondary N) is 2. The standard InChI is InChI=1S/C20H23ClN2O3/c1-13(2)19(14-7-9-15(21)10-8-14)20(25)23-17-6-4-5-16(11-17)22-18(24)12-26-3/h4-11,13,19H,12H2,1-3H3,(H,22,24)(H,23,25). The van der Waals surface area contributed by atoms with Crippen LogP contribution in [-0.2, 0) is 14.3 Å². The number of carbonyl (C=O) groups excluding carboxylic acids is 2. The van der Waals surface area contributed by atoms with Gasteiger partial charge in [0.2, 0.25) is 11.8 Å². The van der Waals surface area contributed by atoms with E-state index in [9.17, 15) is 9.59 Å². The van der Waals surface area contributed by atoms with Gasteiger partial charge in [0.05, 0.1) is 5.92 Å². The molecule has 2 aromatic carbocycles. The van der Waals surface area contributed by atoms with E-state index < -0.39 is 0 Å². The second kappa shape index (κ2) is 9.36. The molecule has 2 aromatic rings. The predicted octanol–water partition coefficient (Wildman–Crippen LogP) is 4.30. The van der Waals surface area contributed by atoms with Gasteiger partial charge in [0, 0.05) is 23.5 Å². The Bertz CT molecular complexity index is 760. The van der Waals surface area contributed by atoms with Gasteiger partial charge in [-0.25, -0.2) is 0 Å². The second-order valence-corrected chi connectivity index (χ2v) is 6.76. The molecule has 0 aromatic heterocycles. The molecule has 0 bridgehead atoms. The molecule has 0 radical (unpaired) electrons. The average molecular weight is 375 g/mol. The van der Waals surface area contributed by atoms with Gasteiger partial charge in [-0.1, -0.05) is 43.6 Å². The average Bonchev–Trinajstić information content (AvgIpc) is 2.57. The smallest absolute Gasteiger partial charge is 0.250 e. The van der Waals surface area contributed by atoms with Crippen molar-refractivity contribution in [3.05, 3.63) is 59.1 Å². The second-order valence-electron chi connectivity index (χ2n) is 6.32. The fourth-order valence-electron chi connectivity index (χ4n) is 2.73. The van der Waals surface area contributed by atoms with Gasteiger partial charge in [-0.15, -0.1) is 0 Å². The Morgan fingerprint density at radius 1 is 1.04 bits per heavy atom. The lowest BCUT2D eigenvalue weighted by atomic mass is 9.87. The third-order valence-electron chi connectivity index (χ3n) is 3.87. The summed E-state index contributed by atoms with van der Waals surface area (Å²) in [6, 6.07) is 14.3. The van der Waals surface area contributed by atoms with Gasteiger partial charge >= 0.3 is 0 Å². The highest BCUT2D eigenvalue weighted by Crippen LogP contribution is 2.27. The van der Waals surface area contributed by atoms with Crippen molar-refractivity contribution in [1.82, 2.24) is 0 Å². The van der Waals surface area contributed by atoms with Gasteiger partial charge in [0.25, 0.3) is 0 Å². The van der Waals surface area contributed by atoms with Gasteiger partial charge in [0.15, 0.2) is 0 Å². The summed E-state index contributed by atoms with van der Waals surface area (Å²) in [7, 11) is 1.46. The summed E-state index contributed by atoms with van der Waals surface area (Å²) in [5, 5.41) is 6.28. The van der Waals surface area contributed by atoms with E-state index in [0.717, 1.165) is 5.56 Å². The molecular formula is C20H23ClN2O3. The Kier molecular flexibility index (Phi) is 7.18. The van der Waals surface area contributed by atoms with E-state index in [2.05, 4.69) is 10.6 Å². The van der Waals surface area contributed by atoms with Gasteiger partial charge in [-0.05, 0) is 41.8 Å². The summed E-state index contributed by atoms with van der Waals surface area (Å²) >= 11 is 5.94. The van der Waals surface area contributed by atoms with Gasteiger partial charge in [0.1, 0.15) is 6.61 Å². The van der Waals surface area contributed by atoms with Crippen LogP contribution < -0.4 is 10.6 Å². The summed E-state index contributed by atoms with van der Waals surface area (Å²) < 4.78 is 4.79. The molecule has 2 rings (SSSR count). The SMILES string of the molecule is COCC(=O)Nc1cccc(NC(=O)C(c2ccc(Cl)cc2)C(C)C)c1. The number of halogens is 1. The predicted molar refractivity (Wildman–Crippen MR) is 105 cm³/mol. The molecule has 1 unspecified atom stereocenters. The third-order valence-corrected chi connectivity index (χ3v) is 4.12. The maximum absolute atomic E-state index is 12.8. The first-order valence-electron chi connectivity index (χ1n) is 8.36. The van der Waals surface area contributed by atoms with Crippen LogP contribution in [0.1, 0.15) is 25.3 Å². The number of methoxy groups -OCH3 is 1. The molecule has 6 heteroatoms.